The average molecular weight is 245 g/mol. The fraction of sp³-hybridized carbons (Fsp3) is 0.600. The second-order valence-corrected chi connectivity index (χ2v) is 5.35. The fourth-order valence-electron chi connectivity index (χ4n) is 2.96. The van der Waals surface area contributed by atoms with Crippen LogP contribution >= 0.6 is 0 Å². The van der Waals surface area contributed by atoms with Crippen molar-refractivity contribution in [3.05, 3.63) is 29.8 Å². The molecule has 0 bridgehead atoms. The van der Waals surface area contributed by atoms with E-state index in [1.807, 2.05) is 0 Å². The maximum absolute atomic E-state index is 3.56. The van der Waals surface area contributed by atoms with Gasteiger partial charge in [0.1, 0.15) is 0 Å². The number of nitrogens with zero attached hydrogens (tertiary/aromatic N) is 1. The number of benzene rings is 1. The first-order valence-electron chi connectivity index (χ1n) is 7.22. The molecule has 0 unspecified atom stereocenters. The van der Waals surface area contributed by atoms with Gasteiger partial charge in [0.25, 0.3) is 0 Å². The summed E-state index contributed by atoms with van der Waals surface area (Å²) in [7, 11) is 0. The molecule has 1 aromatic rings. The second-order valence-electron chi connectivity index (χ2n) is 5.35. The minimum Gasteiger partial charge on any atom is -0.372 e. The molecule has 0 spiro atoms. The largest absolute Gasteiger partial charge is 0.372 e. The molecular formula is C15H23N3. The lowest BCUT2D eigenvalue weighted by Gasteiger charge is -2.30. The first-order valence-corrected chi connectivity index (χ1v) is 7.22. The molecule has 0 saturated carbocycles. The van der Waals surface area contributed by atoms with E-state index in [-0.39, 0.29) is 0 Å². The highest BCUT2D eigenvalue weighted by atomic mass is 15.1. The Bertz CT molecular complexity index is 325. The minimum atomic E-state index is 0.481. The summed E-state index contributed by atoms with van der Waals surface area (Å²) in [5.41, 5.74) is 2.80. The van der Waals surface area contributed by atoms with Crippen molar-refractivity contribution in [3.8, 4) is 0 Å². The first-order chi connectivity index (χ1) is 8.93. The van der Waals surface area contributed by atoms with Gasteiger partial charge in [-0.05, 0) is 37.0 Å². The van der Waals surface area contributed by atoms with Crippen LogP contribution in [0, 0.1) is 0 Å². The monoisotopic (exact) mass is 245 g/mol. The number of hydrogen-bond donors (Lipinski definition) is 2. The molecule has 1 aromatic carbocycles. The van der Waals surface area contributed by atoms with Crippen molar-refractivity contribution in [1.29, 1.82) is 0 Å². The van der Waals surface area contributed by atoms with E-state index in [1.165, 1.54) is 43.6 Å². The number of rotatable bonds is 2. The van der Waals surface area contributed by atoms with Crippen molar-refractivity contribution < 1.29 is 0 Å². The lowest BCUT2D eigenvalue weighted by Crippen LogP contribution is -2.42. The highest BCUT2D eigenvalue weighted by Gasteiger charge is 2.15. The van der Waals surface area contributed by atoms with Crippen LogP contribution in [-0.4, -0.2) is 32.7 Å². The van der Waals surface area contributed by atoms with E-state index >= 15 is 0 Å². The SMILES string of the molecule is c1cc(N2CCCCC2)ccc1[C@H]1CNCCN1. The predicted octanol–water partition coefficient (Wildman–Crippen LogP) is 1.91. The van der Waals surface area contributed by atoms with E-state index in [9.17, 15) is 0 Å². The van der Waals surface area contributed by atoms with Gasteiger partial charge >= 0.3 is 0 Å². The maximum atomic E-state index is 3.56. The summed E-state index contributed by atoms with van der Waals surface area (Å²) in [5, 5.41) is 7.00. The van der Waals surface area contributed by atoms with Crippen LogP contribution in [0.15, 0.2) is 24.3 Å². The quantitative estimate of drug-likeness (QED) is 0.833. The van der Waals surface area contributed by atoms with Crippen molar-refractivity contribution >= 4 is 5.69 Å². The van der Waals surface area contributed by atoms with E-state index in [0.717, 1.165) is 19.6 Å². The molecule has 0 aliphatic carbocycles. The lowest BCUT2D eigenvalue weighted by atomic mass is 10.0. The number of hydrogen-bond acceptors (Lipinski definition) is 3. The Labute approximate surface area is 110 Å². The van der Waals surface area contributed by atoms with Gasteiger partial charge in [-0.15, -0.1) is 0 Å². The Hall–Kier alpha value is -1.06. The zero-order valence-electron chi connectivity index (χ0n) is 11.0. The van der Waals surface area contributed by atoms with Gasteiger partial charge in [-0.25, -0.2) is 0 Å². The van der Waals surface area contributed by atoms with Gasteiger partial charge in [-0.3, -0.25) is 0 Å². The third-order valence-corrected chi connectivity index (χ3v) is 4.06. The number of piperazine rings is 1. The van der Waals surface area contributed by atoms with Gasteiger partial charge < -0.3 is 15.5 Å². The van der Waals surface area contributed by atoms with Crippen LogP contribution in [0.4, 0.5) is 5.69 Å². The van der Waals surface area contributed by atoms with Gasteiger partial charge in [0, 0.05) is 44.5 Å². The lowest BCUT2D eigenvalue weighted by molar-refractivity contribution is 0.430. The Morgan fingerprint density at radius 2 is 1.72 bits per heavy atom. The molecule has 2 fully saturated rings. The summed E-state index contributed by atoms with van der Waals surface area (Å²) in [4.78, 5) is 2.51. The van der Waals surface area contributed by atoms with E-state index < -0.39 is 0 Å². The summed E-state index contributed by atoms with van der Waals surface area (Å²) in [6, 6.07) is 9.63. The fourth-order valence-corrected chi connectivity index (χ4v) is 2.96. The molecular weight excluding hydrogens is 222 g/mol. The summed E-state index contributed by atoms with van der Waals surface area (Å²) >= 11 is 0. The summed E-state index contributed by atoms with van der Waals surface area (Å²) in [6.45, 7) is 5.65. The Balaban J connectivity index is 1.67. The maximum Gasteiger partial charge on any atom is 0.0447 e. The molecule has 0 aromatic heterocycles. The van der Waals surface area contributed by atoms with Crippen LogP contribution in [0.25, 0.3) is 0 Å². The van der Waals surface area contributed by atoms with Gasteiger partial charge in [0.2, 0.25) is 0 Å². The van der Waals surface area contributed by atoms with Gasteiger partial charge in [0.05, 0.1) is 0 Å². The second kappa shape index (κ2) is 5.72. The molecule has 0 radical (unpaired) electrons. The molecule has 2 N–H and O–H groups in total. The van der Waals surface area contributed by atoms with E-state index in [2.05, 4.69) is 39.8 Å². The third-order valence-electron chi connectivity index (χ3n) is 4.06. The molecule has 2 heterocycles. The zero-order chi connectivity index (χ0) is 12.2. The van der Waals surface area contributed by atoms with Crippen LogP contribution in [0.2, 0.25) is 0 Å². The van der Waals surface area contributed by atoms with Crippen molar-refractivity contribution in [2.45, 2.75) is 25.3 Å². The topological polar surface area (TPSA) is 27.3 Å². The molecule has 3 rings (SSSR count). The van der Waals surface area contributed by atoms with Crippen LogP contribution in [-0.2, 0) is 0 Å². The number of piperidine rings is 1. The van der Waals surface area contributed by atoms with Crippen molar-refractivity contribution in [3.63, 3.8) is 0 Å². The summed E-state index contributed by atoms with van der Waals surface area (Å²) < 4.78 is 0. The van der Waals surface area contributed by atoms with Crippen LogP contribution in [0.1, 0.15) is 30.9 Å². The van der Waals surface area contributed by atoms with Crippen molar-refractivity contribution in [1.82, 2.24) is 10.6 Å². The number of anilines is 1. The van der Waals surface area contributed by atoms with Crippen molar-refractivity contribution in [2.24, 2.45) is 0 Å². The van der Waals surface area contributed by atoms with Gasteiger partial charge in [-0.1, -0.05) is 12.1 Å². The molecule has 98 valence electrons. The first kappa shape index (κ1) is 12.0. The van der Waals surface area contributed by atoms with E-state index in [4.69, 9.17) is 0 Å². The molecule has 2 aliphatic rings. The number of nitrogens with one attached hydrogen (secondary N) is 2. The molecule has 1 atom stereocenters. The van der Waals surface area contributed by atoms with Crippen LogP contribution < -0.4 is 15.5 Å². The molecule has 2 saturated heterocycles. The normalized spacial score (nSPS) is 25.1. The minimum absolute atomic E-state index is 0.481. The van der Waals surface area contributed by atoms with Gasteiger partial charge in [0.15, 0.2) is 0 Å². The molecule has 18 heavy (non-hydrogen) atoms. The average Bonchev–Trinajstić information content (AvgIpc) is 2.49. The third kappa shape index (κ3) is 2.68. The molecule has 3 nitrogen and oxygen atoms in total. The highest BCUT2D eigenvalue weighted by molar-refractivity contribution is 5.48. The Morgan fingerprint density at radius 3 is 2.39 bits per heavy atom. The van der Waals surface area contributed by atoms with E-state index in [1.54, 1.807) is 0 Å². The Morgan fingerprint density at radius 1 is 0.944 bits per heavy atom. The molecule has 2 aliphatic heterocycles. The van der Waals surface area contributed by atoms with Crippen LogP contribution in [0.3, 0.4) is 0 Å². The van der Waals surface area contributed by atoms with E-state index in [0.29, 0.717) is 6.04 Å². The predicted molar refractivity (Wildman–Crippen MR) is 76.1 cm³/mol. The molecule has 0 amide bonds. The van der Waals surface area contributed by atoms with Gasteiger partial charge in [-0.2, -0.15) is 0 Å². The summed E-state index contributed by atoms with van der Waals surface area (Å²) in [6.07, 6.45) is 4.08. The zero-order valence-corrected chi connectivity index (χ0v) is 11.0. The highest BCUT2D eigenvalue weighted by Crippen LogP contribution is 2.22. The van der Waals surface area contributed by atoms with Crippen LogP contribution in [0.5, 0.6) is 0 Å². The summed E-state index contributed by atoms with van der Waals surface area (Å²) in [5.74, 6) is 0. The Kier molecular flexibility index (Phi) is 3.81. The smallest absolute Gasteiger partial charge is 0.0447 e. The molecule has 3 heteroatoms. The van der Waals surface area contributed by atoms with Crippen molar-refractivity contribution in [2.75, 3.05) is 37.6 Å². The standard InChI is InChI=1S/C15H23N3/c1-2-10-18(11-3-1)14-6-4-13(5-7-14)15-12-16-8-9-17-15/h4-7,15-17H,1-3,8-12H2/t15-/m1/s1.